The molecular formula is C21H22N6O. The fourth-order valence-electron chi connectivity index (χ4n) is 3.15. The molecule has 1 saturated heterocycles. The van der Waals surface area contributed by atoms with Crippen LogP contribution in [0.1, 0.15) is 28.9 Å². The molecule has 28 heavy (non-hydrogen) atoms. The van der Waals surface area contributed by atoms with E-state index >= 15 is 0 Å². The molecule has 2 aromatic heterocycles. The second-order valence-electron chi connectivity index (χ2n) is 6.67. The lowest BCUT2D eigenvalue weighted by atomic mass is 10.2. The molecule has 2 N–H and O–H groups in total. The van der Waals surface area contributed by atoms with E-state index in [2.05, 4.69) is 42.6 Å². The molecule has 0 atom stereocenters. The summed E-state index contributed by atoms with van der Waals surface area (Å²) in [6, 6.07) is 13.8. The minimum absolute atomic E-state index is 0.229. The summed E-state index contributed by atoms with van der Waals surface area (Å²) in [4.78, 5) is 27.3. The second-order valence-corrected chi connectivity index (χ2v) is 6.67. The maximum absolute atomic E-state index is 12.2. The summed E-state index contributed by atoms with van der Waals surface area (Å²) in [5, 5.41) is 5.97. The first-order valence-electron chi connectivity index (χ1n) is 9.40. The molecule has 3 heterocycles. The molecule has 0 saturated carbocycles. The predicted molar refractivity (Wildman–Crippen MR) is 109 cm³/mol. The van der Waals surface area contributed by atoms with E-state index in [9.17, 15) is 4.79 Å². The van der Waals surface area contributed by atoms with Crippen LogP contribution in [0, 0.1) is 0 Å². The molecule has 0 aliphatic carbocycles. The highest BCUT2D eigenvalue weighted by Gasteiger charge is 2.12. The van der Waals surface area contributed by atoms with Gasteiger partial charge in [-0.2, -0.15) is 0 Å². The van der Waals surface area contributed by atoms with Crippen LogP contribution < -0.4 is 15.5 Å². The second kappa shape index (κ2) is 8.47. The molecule has 7 heteroatoms. The summed E-state index contributed by atoms with van der Waals surface area (Å²) < 4.78 is 0. The van der Waals surface area contributed by atoms with Crippen molar-refractivity contribution in [3.05, 3.63) is 72.3 Å². The first kappa shape index (κ1) is 17.9. The fraction of sp³-hybridized carbons (Fsp3) is 0.238. The SMILES string of the molecule is O=C(NCc1ccccn1)c1cnc(Nc2ccc(N3CCCC3)cc2)nc1. The molecule has 7 nitrogen and oxygen atoms in total. The van der Waals surface area contributed by atoms with Gasteiger partial charge in [0.2, 0.25) is 5.95 Å². The minimum Gasteiger partial charge on any atom is -0.372 e. The quantitative estimate of drug-likeness (QED) is 0.690. The number of rotatable bonds is 6. The predicted octanol–water partition coefficient (Wildman–Crippen LogP) is 3.15. The highest BCUT2D eigenvalue weighted by atomic mass is 16.1. The van der Waals surface area contributed by atoms with Crippen LogP contribution in [0.5, 0.6) is 0 Å². The lowest BCUT2D eigenvalue weighted by molar-refractivity contribution is 0.0949. The van der Waals surface area contributed by atoms with Gasteiger partial charge in [-0.05, 0) is 49.2 Å². The molecule has 0 bridgehead atoms. The molecule has 0 spiro atoms. The molecule has 3 aromatic rings. The van der Waals surface area contributed by atoms with Gasteiger partial charge in [0.25, 0.3) is 5.91 Å². The standard InChI is InChI=1S/C21H22N6O/c28-20(23-15-18-5-1-2-10-22-18)16-13-24-21(25-14-16)26-17-6-8-19(9-7-17)27-11-3-4-12-27/h1-2,5-10,13-14H,3-4,11-12,15H2,(H,23,28)(H,24,25,26). The van der Waals surface area contributed by atoms with E-state index in [0.717, 1.165) is 24.5 Å². The van der Waals surface area contributed by atoms with Crippen LogP contribution in [0.3, 0.4) is 0 Å². The van der Waals surface area contributed by atoms with Gasteiger partial charge in [0.05, 0.1) is 17.8 Å². The molecule has 1 aliphatic rings. The normalized spacial score (nSPS) is 13.4. The molecule has 142 valence electrons. The van der Waals surface area contributed by atoms with Crippen LogP contribution in [0.15, 0.2) is 61.1 Å². The zero-order valence-corrected chi connectivity index (χ0v) is 15.5. The van der Waals surface area contributed by atoms with Gasteiger partial charge in [-0.3, -0.25) is 9.78 Å². The number of nitrogens with one attached hydrogen (secondary N) is 2. The van der Waals surface area contributed by atoms with Gasteiger partial charge in [0, 0.05) is 43.1 Å². The Morgan fingerprint density at radius 1 is 0.964 bits per heavy atom. The van der Waals surface area contributed by atoms with Gasteiger partial charge < -0.3 is 15.5 Å². The Hall–Kier alpha value is -3.48. The maximum atomic E-state index is 12.2. The lowest BCUT2D eigenvalue weighted by Crippen LogP contribution is -2.23. The van der Waals surface area contributed by atoms with Crippen LogP contribution in [0.25, 0.3) is 0 Å². The molecule has 1 aromatic carbocycles. The van der Waals surface area contributed by atoms with Crippen LogP contribution in [-0.4, -0.2) is 33.9 Å². The van der Waals surface area contributed by atoms with Crippen molar-refractivity contribution < 1.29 is 4.79 Å². The van der Waals surface area contributed by atoms with Gasteiger partial charge in [0.1, 0.15) is 0 Å². The Kier molecular flexibility index (Phi) is 5.42. The number of carbonyl (C=O) groups excluding carboxylic acids is 1. The van der Waals surface area contributed by atoms with Crippen LogP contribution in [0.4, 0.5) is 17.3 Å². The monoisotopic (exact) mass is 374 g/mol. The van der Waals surface area contributed by atoms with Crippen molar-refractivity contribution in [1.29, 1.82) is 0 Å². The number of carbonyl (C=O) groups is 1. The number of amides is 1. The number of nitrogens with zero attached hydrogens (tertiary/aromatic N) is 4. The van der Waals surface area contributed by atoms with Crippen molar-refractivity contribution in [2.24, 2.45) is 0 Å². The number of anilines is 3. The van der Waals surface area contributed by atoms with Gasteiger partial charge in [-0.1, -0.05) is 6.07 Å². The van der Waals surface area contributed by atoms with E-state index in [4.69, 9.17) is 0 Å². The summed E-state index contributed by atoms with van der Waals surface area (Å²) >= 11 is 0. The minimum atomic E-state index is -0.229. The topological polar surface area (TPSA) is 83.0 Å². The molecule has 0 unspecified atom stereocenters. The molecular weight excluding hydrogens is 352 g/mol. The Labute approximate surface area is 163 Å². The molecule has 0 radical (unpaired) electrons. The summed E-state index contributed by atoms with van der Waals surface area (Å²) in [7, 11) is 0. The third kappa shape index (κ3) is 4.43. The first-order valence-corrected chi connectivity index (χ1v) is 9.40. The third-order valence-electron chi connectivity index (χ3n) is 4.66. The van der Waals surface area contributed by atoms with E-state index in [0.29, 0.717) is 18.1 Å². The highest BCUT2D eigenvalue weighted by Crippen LogP contribution is 2.23. The van der Waals surface area contributed by atoms with Crippen LogP contribution in [-0.2, 0) is 6.54 Å². The van der Waals surface area contributed by atoms with Crippen molar-refractivity contribution in [3.63, 3.8) is 0 Å². The van der Waals surface area contributed by atoms with Gasteiger partial charge in [-0.15, -0.1) is 0 Å². The van der Waals surface area contributed by atoms with Crippen molar-refractivity contribution in [2.45, 2.75) is 19.4 Å². The molecule has 1 fully saturated rings. The highest BCUT2D eigenvalue weighted by molar-refractivity contribution is 5.93. The molecule has 4 rings (SSSR count). The number of hydrogen-bond acceptors (Lipinski definition) is 6. The number of hydrogen-bond donors (Lipinski definition) is 2. The van der Waals surface area contributed by atoms with E-state index in [1.54, 1.807) is 6.20 Å². The average molecular weight is 374 g/mol. The van der Waals surface area contributed by atoms with Crippen molar-refractivity contribution in [2.75, 3.05) is 23.3 Å². The fourth-order valence-corrected chi connectivity index (χ4v) is 3.15. The lowest BCUT2D eigenvalue weighted by Gasteiger charge is -2.17. The van der Waals surface area contributed by atoms with E-state index in [1.807, 2.05) is 30.3 Å². The number of benzene rings is 1. The largest absolute Gasteiger partial charge is 0.372 e. The number of pyridine rings is 1. The van der Waals surface area contributed by atoms with E-state index in [-0.39, 0.29) is 5.91 Å². The van der Waals surface area contributed by atoms with Crippen LogP contribution in [0.2, 0.25) is 0 Å². The zero-order valence-electron chi connectivity index (χ0n) is 15.5. The van der Waals surface area contributed by atoms with E-state index < -0.39 is 0 Å². The smallest absolute Gasteiger partial charge is 0.254 e. The van der Waals surface area contributed by atoms with Crippen molar-refractivity contribution in [3.8, 4) is 0 Å². The summed E-state index contributed by atoms with van der Waals surface area (Å²) in [6.07, 6.45) is 7.25. The summed E-state index contributed by atoms with van der Waals surface area (Å²) in [5.74, 6) is 0.224. The molecule has 1 amide bonds. The van der Waals surface area contributed by atoms with E-state index in [1.165, 1.54) is 30.9 Å². The third-order valence-corrected chi connectivity index (χ3v) is 4.66. The van der Waals surface area contributed by atoms with Crippen molar-refractivity contribution >= 4 is 23.2 Å². The first-order chi connectivity index (χ1) is 13.8. The Morgan fingerprint density at radius 3 is 2.39 bits per heavy atom. The van der Waals surface area contributed by atoms with Gasteiger partial charge in [0.15, 0.2) is 0 Å². The Balaban J connectivity index is 1.33. The zero-order chi connectivity index (χ0) is 19.2. The maximum Gasteiger partial charge on any atom is 0.254 e. The van der Waals surface area contributed by atoms with Crippen LogP contribution >= 0.6 is 0 Å². The van der Waals surface area contributed by atoms with Crippen molar-refractivity contribution in [1.82, 2.24) is 20.3 Å². The van der Waals surface area contributed by atoms with Gasteiger partial charge in [-0.25, -0.2) is 9.97 Å². The van der Waals surface area contributed by atoms with Gasteiger partial charge >= 0.3 is 0 Å². The summed E-state index contributed by atoms with van der Waals surface area (Å²) in [6.45, 7) is 2.61. The average Bonchev–Trinajstić information content (AvgIpc) is 3.29. The Bertz CT molecular complexity index is 906. The summed E-state index contributed by atoms with van der Waals surface area (Å²) in [5.41, 5.74) is 3.36. The number of aromatic nitrogens is 3. The Morgan fingerprint density at radius 2 is 1.71 bits per heavy atom. The molecule has 1 aliphatic heterocycles.